The molecule has 2 heterocycles. The molecule has 0 saturated heterocycles. The molecule has 38 heavy (non-hydrogen) atoms. The van der Waals surface area contributed by atoms with Gasteiger partial charge < -0.3 is 5.11 Å². The Hall–Kier alpha value is -3.07. The first-order valence-electron chi connectivity index (χ1n) is 10.8. The van der Waals surface area contributed by atoms with Crippen molar-refractivity contribution < 1.29 is 31.4 Å². The lowest BCUT2D eigenvalue weighted by Gasteiger charge is -2.25. The molecule has 0 amide bonds. The number of nitrogens with one attached hydrogen (secondary N) is 1. The fraction of sp³-hybridized carbons (Fsp3) is 0.318. The summed E-state index contributed by atoms with van der Waals surface area (Å²) in [6.45, 7) is -1.21. The van der Waals surface area contributed by atoms with Gasteiger partial charge in [-0.25, -0.2) is 24.3 Å². The van der Waals surface area contributed by atoms with E-state index in [4.69, 9.17) is 23.2 Å². The maximum absolute atomic E-state index is 14.5. The summed E-state index contributed by atoms with van der Waals surface area (Å²) in [4.78, 5) is 16.9. The van der Waals surface area contributed by atoms with Crippen LogP contribution in [0.5, 0.6) is 0 Å². The van der Waals surface area contributed by atoms with Gasteiger partial charge in [-0.15, -0.1) is 5.10 Å². The Kier molecular flexibility index (Phi) is 7.54. The van der Waals surface area contributed by atoms with Crippen molar-refractivity contribution in [3.8, 4) is 11.4 Å². The highest BCUT2D eigenvalue weighted by atomic mass is 35.5. The lowest BCUT2D eigenvalue weighted by molar-refractivity contribution is -0.207. The van der Waals surface area contributed by atoms with Gasteiger partial charge in [0.15, 0.2) is 17.8 Å². The number of halogens is 8. The van der Waals surface area contributed by atoms with Gasteiger partial charge in [0.2, 0.25) is 0 Å². The first-order valence-corrected chi connectivity index (χ1v) is 11.6. The zero-order valence-corrected chi connectivity index (χ0v) is 20.7. The summed E-state index contributed by atoms with van der Waals surface area (Å²) in [5.41, 5.74) is 1.21. The Balaban J connectivity index is 1.73. The van der Waals surface area contributed by atoms with Crippen molar-refractivity contribution in [2.75, 3.05) is 5.01 Å². The van der Waals surface area contributed by atoms with Crippen molar-refractivity contribution in [2.45, 2.75) is 44.4 Å². The summed E-state index contributed by atoms with van der Waals surface area (Å²) in [5.74, 6) is -5.67. The van der Waals surface area contributed by atoms with Gasteiger partial charge in [-0.1, -0.05) is 29.3 Å². The van der Waals surface area contributed by atoms with Crippen LogP contribution in [-0.2, 0) is 13.1 Å². The first kappa shape index (κ1) is 28.0. The maximum Gasteiger partial charge on any atom is 0.416 e. The smallest absolute Gasteiger partial charge is 0.382 e. The predicted octanol–water partition coefficient (Wildman–Crippen LogP) is 4.49. The van der Waals surface area contributed by atoms with Crippen LogP contribution in [0.3, 0.4) is 0 Å². The van der Waals surface area contributed by atoms with Crippen LogP contribution in [0.15, 0.2) is 52.3 Å². The molecule has 2 aromatic carbocycles. The van der Waals surface area contributed by atoms with Crippen molar-refractivity contribution >= 4 is 34.7 Å². The molecule has 0 fully saturated rings. The molecule has 8 nitrogen and oxygen atoms in total. The summed E-state index contributed by atoms with van der Waals surface area (Å²) in [6.07, 6.45) is -9.24. The van der Waals surface area contributed by atoms with Gasteiger partial charge in [0, 0.05) is 17.5 Å². The van der Waals surface area contributed by atoms with Crippen LogP contribution in [-0.4, -0.2) is 49.7 Å². The number of hydrogen-bond acceptors (Lipinski definition) is 6. The molecular formula is C22H18Cl2F6N6O2. The molecule has 0 aliphatic carbocycles. The third-order valence-electron chi connectivity index (χ3n) is 5.43. The van der Waals surface area contributed by atoms with Gasteiger partial charge in [0.25, 0.3) is 0 Å². The maximum atomic E-state index is 14.5. The third-order valence-corrected chi connectivity index (χ3v) is 5.98. The van der Waals surface area contributed by atoms with E-state index in [-0.39, 0.29) is 16.4 Å². The lowest BCUT2D eigenvalue weighted by Crippen LogP contribution is -2.48. The number of aliphatic hydroxyl groups excluding tert-OH is 1. The molecule has 1 aliphatic heterocycles. The van der Waals surface area contributed by atoms with E-state index in [2.05, 4.69) is 15.5 Å². The van der Waals surface area contributed by atoms with Crippen molar-refractivity contribution in [3.63, 3.8) is 0 Å². The van der Waals surface area contributed by atoms with E-state index in [1.165, 1.54) is 36.4 Å². The Labute approximate surface area is 220 Å². The van der Waals surface area contributed by atoms with Gasteiger partial charge in [0.05, 0.1) is 18.1 Å². The molecule has 0 saturated carbocycles. The van der Waals surface area contributed by atoms with Crippen LogP contribution in [0.2, 0.25) is 10.0 Å². The minimum absolute atomic E-state index is 0.197. The molecule has 0 spiro atoms. The Morgan fingerprint density at radius 3 is 2.34 bits per heavy atom. The molecule has 3 aromatic rings. The number of hydrazine groups is 1. The fourth-order valence-electron chi connectivity index (χ4n) is 3.69. The minimum atomic E-state index is -5.03. The standard InChI is InChI=1S/C22H18Cl2F6N6O2/c1-21(26,27)19-31-16(32-36(19)17-13(24)3-2-4-14(17)25)10-35-20(38)34(9-15(37)22(28,29)30)18(33-35)11-5-7-12(23)8-6-11/h2-8,15-16,32,37H,9-10H2,1H3/t15-,16?/m0/s1. The minimum Gasteiger partial charge on any atom is -0.382 e. The quantitative estimate of drug-likeness (QED) is 0.401. The predicted molar refractivity (Wildman–Crippen MR) is 128 cm³/mol. The van der Waals surface area contributed by atoms with Crippen LogP contribution < -0.4 is 16.1 Å². The van der Waals surface area contributed by atoms with Gasteiger partial charge >= 0.3 is 17.8 Å². The highest BCUT2D eigenvalue weighted by molar-refractivity contribution is 6.34. The largest absolute Gasteiger partial charge is 0.416 e. The normalized spacial score (nSPS) is 17.2. The summed E-state index contributed by atoms with van der Waals surface area (Å²) >= 11 is 11.9. The number of aliphatic imine (C=N–C) groups is 1. The number of hydrogen-bond donors (Lipinski definition) is 2. The number of para-hydroxylation sites is 1. The highest BCUT2D eigenvalue weighted by Gasteiger charge is 2.43. The van der Waals surface area contributed by atoms with E-state index >= 15 is 0 Å². The van der Waals surface area contributed by atoms with E-state index in [9.17, 15) is 36.2 Å². The topological polar surface area (TPSA) is 87.7 Å². The van der Waals surface area contributed by atoms with Crippen molar-refractivity contribution in [2.24, 2.45) is 4.99 Å². The van der Waals surface area contributed by atoms with E-state index < -0.39 is 60.5 Å². The average molecular weight is 583 g/mol. The number of nitrogens with zero attached hydrogens (tertiary/aromatic N) is 5. The SMILES string of the molecule is CC(F)(F)C1=NC(Cn2nc(-c3ccc(Cl)cc3)n(C[C@H](O)C(F)(F)F)c2=O)NN1c1c(F)cccc1Cl. The number of aliphatic hydroxyl groups is 1. The molecule has 4 rings (SSSR count). The van der Waals surface area contributed by atoms with Gasteiger partial charge in [0.1, 0.15) is 17.7 Å². The summed E-state index contributed by atoms with van der Waals surface area (Å²) in [6, 6.07) is 9.17. The average Bonchev–Trinajstić information content (AvgIpc) is 3.36. The molecule has 2 N–H and O–H groups in total. The second-order valence-corrected chi connectivity index (χ2v) is 9.20. The van der Waals surface area contributed by atoms with Crippen LogP contribution in [0.25, 0.3) is 11.4 Å². The Morgan fingerprint density at radius 1 is 1.11 bits per heavy atom. The second kappa shape index (κ2) is 10.2. The van der Waals surface area contributed by atoms with E-state index in [0.717, 1.165) is 6.07 Å². The van der Waals surface area contributed by atoms with Gasteiger partial charge in [-0.05, 0) is 36.4 Å². The summed E-state index contributed by atoms with van der Waals surface area (Å²) < 4.78 is 83.7. The van der Waals surface area contributed by atoms with Crippen molar-refractivity contribution in [1.29, 1.82) is 0 Å². The fourth-order valence-corrected chi connectivity index (χ4v) is 4.06. The molecule has 0 bridgehead atoms. The molecule has 0 radical (unpaired) electrons. The highest BCUT2D eigenvalue weighted by Crippen LogP contribution is 2.33. The first-order chi connectivity index (χ1) is 17.7. The second-order valence-electron chi connectivity index (χ2n) is 8.35. The molecule has 16 heteroatoms. The molecule has 1 unspecified atom stereocenters. The molecule has 1 aliphatic rings. The third kappa shape index (κ3) is 5.67. The molecule has 204 valence electrons. The number of alkyl halides is 5. The number of rotatable bonds is 7. The van der Waals surface area contributed by atoms with E-state index in [0.29, 0.717) is 26.2 Å². The number of anilines is 1. The van der Waals surface area contributed by atoms with E-state index in [1.807, 2.05) is 0 Å². The Bertz CT molecular complexity index is 1400. The lowest BCUT2D eigenvalue weighted by atomic mass is 10.2. The van der Waals surface area contributed by atoms with Crippen LogP contribution in [0.4, 0.5) is 32.0 Å². The van der Waals surface area contributed by atoms with Gasteiger partial charge in [-0.3, -0.25) is 9.58 Å². The van der Waals surface area contributed by atoms with E-state index in [1.54, 1.807) is 0 Å². The summed E-state index contributed by atoms with van der Waals surface area (Å²) in [5, 5.41) is 14.4. The molecular weight excluding hydrogens is 565 g/mol. The van der Waals surface area contributed by atoms with Crippen molar-refractivity contribution in [1.82, 2.24) is 19.8 Å². The monoisotopic (exact) mass is 582 g/mol. The van der Waals surface area contributed by atoms with Crippen molar-refractivity contribution in [3.05, 3.63) is 68.8 Å². The zero-order valence-electron chi connectivity index (χ0n) is 19.2. The van der Waals surface area contributed by atoms with Gasteiger partial charge in [-0.2, -0.15) is 22.0 Å². The zero-order chi connectivity index (χ0) is 28.0. The number of benzene rings is 2. The summed E-state index contributed by atoms with van der Waals surface area (Å²) in [7, 11) is 0. The Morgan fingerprint density at radius 2 is 1.76 bits per heavy atom. The number of aromatic nitrogens is 3. The number of amidine groups is 1. The van der Waals surface area contributed by atoms with Crippen LogP contribution >= 0.6 is 23.2 Å². The van der Waals surface area contributed by atoms with Crippen LogP contribution in [0, 0.1) is 5.82 Å². The van der Waals surface area contributed by atoms with Crippen LogP contribution in [0.1, 0.15) is 6.92 Å². The molecule has 2 atom stereocenters. The molecule has 1 aromatic heterocycles.